The Bertz CT molecular complexity index is 131. The second kappa shape index (κ2) is 8.34. The summed E-state index contributed by atoms with van der Waals surface area (Å²) in [4.78, 5) is 0. The molecule has 0 aromatic carbocycles. The first kappa shape index (κ1) is 12.7. The monoisotopic (exact) mass is 182 g/mol. The zero-order valence-electron chi connectivity index (χ0n) is 9.90. The minimum atomic E-state index is 0.873. The van der Waals surface area contributed by atoms with Crippen molar-refractivity contribution in [1.29, 1.82) is 0 Å². The largest absolute Gasteiger partial charge is 0.0853 e. The molecule has 1 aliphatic carbocycles. The number of rotatable bonds is 3. The first-order valence-electron chi connectivity index (χ1n) is 5.97. The molecule has 0 amide bonds. The van der Waals surface area contributed by atoms with Gasteiger partial charge >= 0.3 is 0 Å². The molecule has 0 heterocycles. The lowest BCUT2D eigenvalue weighted by Crippen LogP contribution is -1.94. The topological polar surface area (TPSA) is 0 Å². The van der Waals surface area contributed by atoms with E-state index in [1.807, 2.05) is 13.8 Å². The summed E-state index contributed by atoms with van der Waals surface area (Å²) in [6.07, 6.45) is 10.8. The van der Waals surface area contributed by atoms with Gasteiger partial charge in [0.1, 0.15) is 0 Å². The summed E-state index contributed by atoms with van der Waals surface area (Å²) in [5.41, 5.74) is 1.73. The van der Waals surface area contributed by atoms with Crippen LogP contribution in [0.2, 0.25) is 0 Å². The van der Waals surface area contributed by atoms with Crippen molar-refractivity contribution in [3.8, 4) is 0 Å². The van der Waals surface area contributed by atoms with Crippen molar-refractivity contribution in [3.63, 3.8) is 0 Å². The fourth-order valence-corrected chi connectivity index (χ4v) is 1.61. The summed E-state index contributed by atoms with van der Waals surface area (Å²) >= 11 is 0. The molecule has 0 fully saturated rings. The van der Waals surface area contributed by atoms with Crippen LogP contribution in [0.15, 0.2) is 11.6 Å². The van der Waals surface area contributed by atoms with E-state index in [4.69, 9.17) is 0 Å². The maximum Gasteiger partial charge on any atom is -0.0318 e. The molecule has 0 radical (unpaired) electrons. The molecule has 0 aromatic heterocycles. The summed E-state index contributed by atoms with van der Waals surface area (Å²) in [7, 11) is 0. The van der Waals surface area contributed by atoms with Gasteiger partial charge in [0, 0.05) is 0 Å². The van der Waals surface area contributed by atoms with Gasteiger partial charge in [0.05, 0.1) is 0 Å². The third kappa shape index (κ3) is 6.86. The molecule has 1 aliphatic rings. The van der Waals surface area contributed by atoms with E-state index in [-0.39, 0.29) is 0 Å². The predicted octanol–water partition coefficient (Wildman–Crippen LogP) is 4.95. The maximum absolute atomic E-state index is 2.46. The third-order valence-electron chi connectivity index (χ3n) is 2.43. The molecule has 0 saturated heterocycles. The molecule has 0 atom stereocenters. The van der Waals surface area contributed by atoms with Crippen LogP contribution in [0.4, 0.5) is 0 Å². The fourth-order valence-electron chi connectivity index (χ4n) is 1.61. The quantitative estimate of drug-likeness (QED) is 0.542. The average molecular weight is 182 g/mol. The van der Waals surface area contributed by atoms with Gasteiger partial charge in [-0.1, -0.05) is 39.3 Å². The Hall–Kier alpha value is -0.260. The zero-order chi connectivity index (χ0) is 10.1. The molecule has 0 N–H and O–H groups in total. The van der Waals surface area contributed by atoms with Crippen LogP contribution in [0.25, 0.3) is 0 Å². The highest BCUT2D eigenvalue weighted by atomic mass is 14.1. The first-order chi connectivity index (χ1) is 6.29. The molecule has 0 spiro atoms. The molecular formula is C13H26. The van der Waals surface area contributed by atoms with E-state index in [9.17, 15) is 0 Å². The van der Waals surface area contributed by atoms with Crippen LogP contribution in [0.1, 0.15) is 66.2 Å². The van der Waals surface area contributed by atoms with Gasteiger partial charge < -0.3 is 0 Å². The molecule has 0 bridgehead atoms. The SMILES string of the molecule is CC.CC(C)CCC1=CCCCC1. The minimum Gasteiger partial charge on any atom is -0.0853 e. The molecule has 1 rings (SSSR count). The van der Waals surface area contributed by atoms with E-state index in [0.29, 0.717) is 0 Å². The maximum atomic E-state index is 2.46. The van der Waals surface area contributed by atoms with Gasteiger partial charge in [-0.15, -0.1) is 0 Å². The van der Waals surface area contributed by atoms with Gasteiger partial charge in [-0.3, -0.25) is 0 Å². The van der Waals surface area contributed by atoms with E-state index < -0.39 is 0 Å². The molecule has 13 heavy (non-hydrogen) atoms. The molecule has 0 aromatic rings. The highest BCUT2D eigenvalue weighted by molar-refractivity contribution is 5.04. The Morgan fingerprint density at radius 1 is 1.23 bits per heavy atom. The molecule has 78 valence electrons. The highest BCUT2D eigenvalue weighted by Gasteiger charge is 2.03. The van der Waals surface area contributed by atoms with Crippen molar-refractivity contribution in [2.24, 2.45) is 5.92 Å². The summed E-state index contributed by atoms with van der Waals surface area (Å²) < 4.78 is 0. The molecule has 0 aliphatic heterocycles. The van der Waals surface area contributed by atoms with Gasteiger partial charge in [-0.25, -0.2) is 0 Å². The summed E-state index contributed by atoms with van der Waals surface area (Å²) in [6, 6.07) is 0. The van der Waals surface area contributed by atoms with Crippen molar-refractivity contribution >= 4 is 0 Å². The van der Waals surface area contributed by atoms with Crippen molar-refractivity contribution in [2.75, 3.05) is 0 Å². The Morgan fingerprint density at radius 3 is 2.38 bits per heavy atom. The number of hydrogen-bond donors (Lipinski definition) is 0. The van der Waals surface area contributed by atoms with Crippen molar-refractivity contribution in [2.45, 2.75) is 66.2 Å². The van der Waals surface area contributed by atoms with Gasteiger partial charge in [-0.2, -0.15) is 0 Å². The molecule has 0 unspecified atom stereocenters. The van der Waals surface area contributed by atoms with Crippen LogP contribution in [0, 0.1) is 5.92 Å². The van der Waals surface area contributed by atoms with Gasteiger partial charge in [0.25, 0.3) is 0 Å². The lowest BCUT2D eigenvalue weighted by molar-refractivity contribution is 0.562. The van der Waals surface area contributed by atoms with Crippen LogP contribution in [-0.4, -0.2) is 0 Å². The standard InChI is InChI=1S/C11H20.C2H6/c1-10(2)8-9-11-6-4-3-5-7-11;1-2/h6,10H,3-5,7-9H2,1-2H3;1-2H3. The lowest BCUT2D eigenvalue weighted by atomic mass is 9.94. The third-order valence-corrected chi connectivity index (χ3v) is 2.43. The Morgan fingerprint density at radius 2 is 1.92 bits per heavy atom. The van der Waals surface area contributed by atoms with Crippen LogP contribution in [-0.2, 0) is 0 Å². The van der Waals surface area contributed by atoms with E-state index in [0.717, 1.165) is 5.92 Å². The van der Waals surface area contributed by atoms with Gasteiger partial charge in [-0.05, 0) is 44.4 Å². The van der Waals surface area contributed by atoms with Crippen LogP contribution < -0.4 is 0 Å². The highest BCUT2D eigenvalue weighted by Crippen LogP contribution is 2.22. The second-order valence-electron chi connectivity index (χ2n) is 4.04. The molecule has 0 heteroatoms. The normalized spacial score (nSPS) is 16.2. The van der Waals surface area contributed by atoms with Crippen molar-refractivity contribution < 1.29 is 0 Å². The summed E-state index contributed by atoms with van der Waals surface area (Å²) in [6.45, 7) is 8.62. The Balaban J connectivity index is 0.000000671. The van der Waals surface area contributed by atoms with E-state index in [2.05, 4.69) is 19.9 Å². The number of allylic oxidation sites excluding steroid dienone is 2. The van der Waals surface area contributed by atoms with Crippen LogP contribution in [0.5, 0.6) is 0 Å². The van der Waals surface area contributed by atoms with Crippen molar-refractivity contribution in [3.05, 3.63) is 11.6 Å². The van der Waals surface area contributed by atoms with Crippen LogP contribution >= 0.6 is 0 Å². The van der Waals surface area contributed by atoms with Gasteiger partial charge in [0.15, 0.2) is 0 Å². The molecule has 0 saturated carbocycles. The summed E-state index contributed by atoms with van der Waals surface area (Å²) in [5, 5.41) is 0. The Labute approximate surface area is 84.4 Å². The Kier molecular flexibility index (Phi) is 8.18. The number of hydrogen-bond acceptors (Lipinski definition) is 0. The average Bonchev–Trinajstić information content (AvgIpc) is 2.19. The first-order valence-corrected chi connectivity index (χ1v) is 5.97. The van der Waals surface area contributed by atoms with E-state index >= 15 is 0 Å². The zero-order valence-corrected chi connectivity index (χ0v) is 9.90. The van der Waals surface area contributed by atoms with Crippen LogP contribution in [0.3, 0.4) is 0 Å². The van der Waals surface area contributed by atoms with E-state index in [1.54, 1.807) is 5.57 Å². The summed E-state index contributed by atoms with van der Waals surface area (Å²) in [5.74, 6) is 0.873. The smallest absolute Gasteiger partial charge is 0.0318 e. The fraction of sp³-hybridized carbons (Fsp3) is 0.846. The van der Waals surface area contributed by atoms with Gasteiger partial charge in [0.2, 0.25) is 0 Å². The van der Waals surface area contributed by atoms with Crippen molar-refractivity contribution in [1.82, 2.24) is 0 Å². The second-order valence-corrected chi connectivity index (χ2v) is 4.04. The molecule has 0 nitrogen and oxygen atoms in total. The molecular weight excluding hydrogens is 156 g/mol. The predicted molar refractivity (Wildman–Crippen MR) is 62.0 cm³/mol. The minimum absolute atomic E-state index is 0.873. The lowest BCUT2D eigenvalue weighted by Gasteiger charge is -2.13. The van der Waals surface area contributed by atoms with E-state index in [1.165, 1.54) is 38.5 Å².